The molecule has 4 heteroatoms. The van der Waals surface area contributed by atoms with Gasteiger partial charge in [-0.3, -0.25) is 4.68 Å². The third-order valence-electron chi connectivity index (χ3n) is 3.47. The van der Waals surface area contributed by atoms with Crippen molar-refractivity contribution >= 4 is 11.6 Å². The molecule has 2 rings (SSSR count). The summed E-state index contributed by atoms with van der Waals surface area (Å²) in [6.07, 6.45) is 1.82. The average molecular weight is 278 g/mol. The topological polar surface area (TPSA) is 43.8 Å². The molecule has 1 aromatic heterocycles. The van der Waals surface area contributed by atoms with Gasteiger partial charge in [-0.15, -0.1) is 0 Å². The smallest absolute Gasteiger partial charge is 0.0624 e. The van der Waals surface area contributed by atoms with Crippen LogP contribution in [-0.2, 0) is 19.9 Å². The highest BCUT2D eigenvalue weighted by Crippen LogP contribution is 2.26. The second kappa shape index (κ2) is 6.22. The van der Waals surface area contributed by atoms with Gasteiger partial charge in [0.2, 0.25) is 0 Å². The lowest BCUT2D eigenvalue weighted by Crippen LogP contribution is -2.17. The van der Waals surface area contributed by atoms with Gasteiger partial charge in [-0.1, -0.05) is 36.7 Å². The van der Waals surface area contributed by atoms with E-state index in [4.69, 9.17) is 17.3 Å². The van der Waals surface area contributed by atoms with E-state index >= 15 is 0 Å². The molecule has 0 bridgehead atoms. The predicted molar refractivity (Wildman–Crippen MR) is 79.5 cm³/mol. The van der Waals surface area contributed by atoms with Crippen LogP contribution in [0.4, 0.5) is 0 Å². The predicted octanol–water partition coefficient (Wildman–Crippen LogP) is 2.92. The number of hydrogen-bond acceptors (Lipinski definition) is 2. The van der Waals surface area contributed by atoms with E-state index in [1.807, 2.05) is 29.9 Å². The Morgan fingerprint density at radius 3 is 2.68 bits per heavy atom. The number of benzene rings is 1. The van der Waals surface area contributed by atoms with Crippen molar-refractivity contribution in [3.63, 3.8) is 0 Å². The molecule has 0 fully saturated rings. The van der Waals surface area contributed by atoms with E-state index in [0.29, 0.717) is 6.54 Å². The SMILES string of the molecule is CCc1cc(CC(CN)c2ccccc2Cl)n(C)n1. The summed E-state index contributed by atoms with van der Waals surface area (Å²) >= 11 is 6.26. The summed E-state index contributed by atoms with van der Waals surface area (Å²) in [4.78, 5) is 0. The zero-order valence-electron chi connectivity index (χ0n) is 11.4. The van der Waals surface area contributed by atoms with E-state index in [9.17, 15) is 0 Å². The number of hydrogen-bond donors (Lipinski definition) is 1. The van der Waals surface area contributed by atoms with Gasteiger partial charge in [0.15, 0.2) is 0 Å². The van der Waals surface area contributed by atoms with Gasteiger partial charge in [0.05, 0.1) is 5.69 Å². The first kappa shape index (κ1) is 14.1. The van der Waals surface area contributed by atoms with Crippen LogP contribution in [0.3, 0.4) is 0 Å². The summed E-state index contributed by atoms with van der Waals surface area (Å²) in [5.74, 6) is 0.230. The molecule has 3 nitrogen and oxygen atoms in total. The van der Waals surface area contributed by atoms with Crippen molar-refractivity contribution in [1.82, 2.24) is 9.78 Å². The summed E-state index contributed by atoms with van der Waals surface area (Å²) in [7, 11) is 1.98. The van der Waals surface area contributed by atoms with Gasteiger partial charge in [0, 0.05) is 23.7 Å². The minimum absolute atomic E-state index is 0.230. The Labute approximate surface area is 119 Å². The van der Waals surface area contributed by atoms with Crippen LogP contribution in [0.2, 0.25) is 5.02 Å². The highest BCUT2D eigenvalue weighted by Gasteiger charge is 2.16. The Morgan fingerprint density at radius 1 is 1.37 bits per heavy atom. The van der Waals surface area contributed by atoms with Crippen LogP contribution in [0.1, 0.15) is 29.8 Å². The third kappa shape index (κ3) is 3.17. The molecule has 0 aliphatic rings. The summed E-state index contributed by atoms with van der Waals surface area (Å²) in [5.41, 5.74) is 9.36. The van der Waals surface area contributed by atoms with Crippen LogP contribution in [-0.4, -0.2) is 16.3 Å². The van der Waals surface area contributed by atoms with Crippen LogP contribution < -0.4 is 5.73 Å². The van der Waals surface area contributed by atoms with Crippen LogP contribution in [0.25, 0.3) is 0 Å². The zero-order chi connectivity index (χ0) is 13.8. The highest BCUT2D eigenvalue weighted by atomic mass is 35.5. The summed E-state index contributed by atoms with van der Waals surface area (Å²) in [6, 6.07) is 10.1. The molecule has 0 aliphatic heterocycles. The van der Waals surface area contributed by atoms with Crippen molar-refractivity contribution in [2.75, 3.05) is 6.54 Å². The van der Waals surface area contributed by atoms with Crippen LogP contribution in [0.5, 0.6) is 0 Å². The van der Waals surface area contributed by atoms with E-state index in [0.717, 1.165) is 29.1 Å². The minimum atomic E-state index is 0.230. The fourth-order valence-electron chi connectivity index (χ4n) is 2.31. The van der Waals surface area contributed by atoms with Gasteiger partial charge in [-0.25, -0.2) is 0 Å². The Balaban J connectivity index is 2.24. The molecule has 0 saturated heterocycles. The van der Waals surface area contributed by atoms with E-state index < -0.39 is 0 Å². The Kier molecular flexibility index (Phi) is 4.61. The number of nitrogens with zero attached hydrogens (tertiary/aromatic N) is 2. The molecule has 0 aliphatic carbocycles. The molecule has 0 radical (unpaired) electrons. The van der Waals surface area contributed by atoms with Gasteiger partial charge in [0.25, 0.3) is 0 Å². The van der Waals surface area contributed by atoms with E-state index in [1.54, 1.807) is 0 Å². The van der Waals surface area contributed by atoms with Gasteiger partial charge >= 0.3 is 0 Å². The quantitative estimate of drug-likeness (QED) is 0.913. The molecule has 19 heavy (non-hydrogen) atoms. The maximum Gasteiger partial charge on any atom is 0.0624 e. The zero-order valence-corrected chi connectivity index (χ0v) is 12.2. The minimum Gasteiger partial charge on any atom is -0.330 e. The second-order valence-electron chi connectivity index (χ2n) is 4.76. The van der Waals surface area contributed by atoms with Crippen LogP contribution in [0.15, 0.2) is 30.3 Å². The van der Waals surface area contributed by atoms with Gasteiger partial charge in [0.1, 0.15) is 0 Å². The third-order valence-corrected chi connectivity index (χ3v) is 3.82. The maximum atomic E-state index is 6.26. The van der Waals surface area contributed by atoms with Gasteiger partial charge in [-0.2, -0.15) is 5.10 Å². The molecular formula is C15H20ClN3. The van der Waals surface area contributed by atoms with Crippen molar-refractivity contribution in [2.24, 2.45) is 12.8 Å². The van der Waals surface area contributed by atoms with Gasteiger partial charge in [-0.05, 0) is 37.1 Å². The number of nitrogens with two attached hydrogens (primary N) is 1. The van der Waals surface area contributed by atoms with Crippen LogP contribution >= 0.6 is 11.6 Å². The Bertz CT molecular complexity index is 548. The molecule has 1 aromatic carbocycles. The molecule has 1 heterocycles. The molecule has 102 valence electrons. The Morgan fingerprint density at radius 2 is 2.11 bits per heavy atom. The summed E-state index contributed by atoms with van der Waals surface area (Å²) in [5, 5.41) is 5.26. The van der Waals surface area contributed by atoms with Crippen molar-refractivity contribution in [3.05, 3.63) is 52.3 Å². The largest absolute Gasteiger partial charge is 0.330 e. The molecule has 1 unspecified atom stereocenters. The Hall–Kier alpha value is -1.32. The average Bonchev–Trinajstić information content (AvgIpc) is 2.77. The molecule has 2 aromatic rings. The first-order valence-electron chi connectivity index (χ1n) is 6.62. The number of rotatable bonds is 5. The van der Waals surface area contributed by atoms with E-state index in [-0.39, 0.29) is 5.92 Å². The first-order valence-corrected chi connectivity index (χ1v) is 6.99. The van der Waals surface area contributed by atoms with Crippen molar-refractivity contribution in [3.8, 4) is 0 Å². The molecule has 1 atom stereocenters. The van der Waals surface area contributed by atoms with Crippen molar-refractivity contribution in [2.45, 2.75) is 25.7 Å². The number of halogens is 1. The van der Waals surface area contributed by atoms with Gasteiger partial charge < -0.3 is 5.73 Å². The van der Waals surface area contributed by atoms with Crippen molar-refractivity contribution in [1.29, 1.82) is 0 Å². The monoisotopic (exact) mass is 277 g/mol. The summed E-state index contributed by atoms with van der Waals surface area (Å²) < 4.78 is 1.94. The number of aromatic nitrogens is 2. The molecular weight excluding hydrogens is 258 g/mol. The highest BCUT2D eigenvalue weighted by molar-refractivity contribution is 6.31. The fraction of sp³-hybridized carbons (Fsp3) is 0.400. The van der Waals surface area contributed by atoms with E-state index in [1.165, 1.54) is 5.69 Å². The molecule has 0 spiro atoms. The maximum absolute atomic E-state index is 6.26. The second-order valence-corrected chi connectivity index (χ2v) is 5.17. The molecule has 0 saturated carbocycles. The summed E-state index contributed by atoms with van der Waals surface area (Å²) in [6.45, 7) is 2.69. The lowest BCUT2D eigenvalue weighted by atomic mass is 9.94. The lowest BCUT2D eigenvalue weighted by molar-refractivity contribution is 0.628. The van der Waals surface area contributed by atoms with Crippen LogP contribution in [0, 0.1) is 0 Å². The lowest BCUT2D eigenvalue weighted by Gasteiger charge is -2.16. The molecule has 2 N–H and O–H groups in total. The molecule has 0 amide bonds. The van der Waals surface area contributed by atoms with E-state index in [2.05, 4.69) is 24.2 Å². The first-order chi connectivity index (χ1) is 9.15. The standard InChI is InChI=1S/C15H20ClN3/c1-3-12-9-13(19(2)18-12)8-11(10-17)14-6-4-5-7-15(14)16/h4-7,9,11H,3,8,10,17H2,1-2H3. The number of aryl methyl sites for hydroxylation is 2. The fourth-order valence-corrected chi connectivity index (χ4v) is 2.60. The normalized spacial score (nSPS) is 12.6. The van der Waals surface area contributed by atoms with Crippen molar-refractivity contribution < 1.29 is 0 Å².